The zero-order valence-electron chi connectivity index (χ0n) is 10.4. The van der Waals surface area contributed by atoms with E-state index < -0.39 is 0 Å². The van der Waals surface area contributed by atoms with Crippen molar-refractivity contribution < 1.29 is 5.11 Å². The van der Waals surface area contributed by atoms with Crippen LogP contribution in [-0.4, -0.2) is 5.11 Å². The molecule has 2 rings (SSSR count). The predicted molar refractivity (Wildman–Crippen MR) is 67.5 cm³/mol. The molecular weight excluding hydrogens is 196 g/mol. The highest BCUT2D eigenvalue weighted by molar-refractivity contribution is 5.34. The molecule has 0 saturated heterocycles. The fourth-order valence-corrected chi connectivity index (χ4v) is 2.54. The molecule has 0 heterocycles. The molecule has 1 N–H and O–H groups in total. The first-order valence-corrected chi connectivity index (χ1v) is 6.46. The van der Waals surface area contributed by atoms with Gasteiger partial charge in [-0.1, -0.05) is 32.0 Å². The average Bonchev–Trinajstić information content (AvgIpc) is 2.27. The molecule has 1 aromatic rings. The van der Waals surface area contributed by atoms with Crippen LogP contribution >= 0.6 is 0 Å². The summed E-state index contributed by atoms with van der Waals surface area (Å²) < 4.78 is 0. The topological polar surface area (TPSA) is 20.2 Å². The molecule has 0 aliphatic heterocycles. The smallest absolute Gasteiger partial charge is 0.0792 e. The summed E-state index contributed by atoms with van der Waals surface area (Å²) >= 11 is 0. The van der Waals surface area contributed by atoms with E-state index in [0.29, 0.717) is 5.92 Å². The van der Waals surface area contributed by atoms with Crippen LogP contribution in [0.15, 0.2) is 18.2 Å². The van der Waals surface area contributed by atoms with Crippen LogP contribution in [-0.2, 0) is 12.8 Å². The van der Waals surface area contributed by atoms with E-state index in [0.717, 1.165) is 12.0 Å². The highest BCUT2D eigenvalue weighted by atomic mass is 16.3. The number of rotatable bonds is 3. The van der Waals surface area contributed by atoms with Gasteiger partial charge in [-0.2, -0.15) is 0 Å². The molecule has 1 heteroatoms. The van der Waals surface area contributed by atoms with Crippen LogP contribution < -0.4 is 0 Å². The molecule has 1 unspecified atom stereocenters. The third-order valence-corrected chi connectivity index (χ3v) is 3.45. The monoisotopic (exact) mass is 218 g/mol. The summed E-state index contributed by atoms with van der Waals surface area (Å²) in [5, 5.41) is 10.1. The molecule has 1 atom stereocenters. The van der Waals surface area contributed by atoms with Crippen LogP contribution in [0.5, 0.6) is 0 Å². The largest absolute Gasteiger partial charge is 0.388 e. The lowest BCUT2D eigenvalue weighted by Gasteiger charge is -2.19. The number of aliphatic hydroxyl groups excluding tert-OH is 1. The van der Waals surface area contributed by atoms with E-state index >= 15 is 0 Å². The average molecular weight is 218 g/mol. The summed E-state index contributed by atoms with van der Waals surface area (Å²) in [6.07, 6.45) is 5.61. The Labute approximate surface area is 98.5 Å². The van der Waals surface area contributed by atoms with E-state index in [-0.39, 0.29) is 6.10 Å². The molecule has 1 aromatic carbocycles. The number of aryl methyl sites for hydroxylation is 2. The first-order valence-electron chi connectivity index (χ1n) is 6.46. The molecule has 1 nitrogen and oxygen atoms in total. The van der Waals surface area contributed by atoms with Crippen molar-refractivity contribution in [2.45, 2.75) is 52.1 Å². The summed E-state index contributed by atoms with van der Waals surface area (Å²) in [5.74, 6) is 0.547. The first kappa shape index (κ1) is 11.7. The van der Waals surface area contributed by atoms with E-state index in [1.165, 1.54) is 36.8 Å². The molecule has 88 valence electrons. The Morgan fingerprint density at radius 1 is 1.12 bits per heavy atom. The maximum Gasteiger partial charge on any atom is 0.0792 e. The molecule has 0 bridgehead atoms. The van der Waals surface area contributed by atoms with Gasteiger partial charge in [-0.3, -0.25) is 0 Å². The van der Waals surface area contributed by atoms with E-state index in [1.807, 2.05) is 0 Å². The second-order valence-corrected chi connectivity index (χ2v) is 5.38. The van der Waals surface area contributed by atoms with Gasteiger partial charge in [-0.25, -0.2) is 0 Å². The minimum atomic E-state index is -0.285. The van der Waals surface area contributed by atoms with Gasteiger partial charge in [0.25, 0.3) is 0 Å². The van der Waals surface area contributed by atoms with Gasteiger partial charge in [0.1, 0.15) is 0 Å². The number of benzene rings is 1. The minimum Gasteiger partial charge on any atom is -0.388 e. The Bertz CT molecular complexity index is 354. The van der Waals surface area contributed by atoms with Crippen molar-refractivity contribution in [2.75, 3.05) is 0 Å². The fraction of sp³-hybridized carbons (Fsp3) is 0.600. The Balaban J connectivity index is 2.16. The molecular formula is C15H22O. The second kappa shape index (κ2) is 5.01. The summed E-state index contributed by atoms with van der Waals surface area (Å²) in [5.41, 5.74) is 4.06. The van der Waals surface area contributed by atoms with Crippen LogP contribution in [0.4, 0.5) is 0 Å². The normalized spacial score (nSPS) is 17.2. The number of aliphatic hydroxyl groups is 1. The SMILES string of the molecule is CC(C)CC(O)c1ccc2c(c1)CCCC2. The van der Waals surface area contributed by atoms with E-state index in [4.69, 9.17) is 0 Å². The summed E-state index contributed by atoms with van der Waals surface area (Å²) in [6.45, 7) is 4.31. The standard InChI is InChI=1S/C15H22O/c1-11(2)9-15(16)14-8-7-12-5-3-4-6-13(12)10-14/h7-8,10-11,15-16H,3-6,9H2,1-2H3. The van der Waals surface area contributed by atoms with E-state index in [1.54, 1.807) is 0 Å². The molecule has 0 amide bonds. The Morgan fingerprint density at radius 2 is 1.81 bits per heavy atom. The van der Waals surface area contributed by atoms with Gasteiger partial charge in [-0.05, 0) is 54.7 Å². The van der Waals surface area contributed by atoms with Crippen molar-refractivity contribution in [1.82, 2.24) is 0 Å². The molecule has 0 spiro atoms. The van der Waals surface area contributed by atoms with Gasteiger partial charge in [0, 0.05) is 0 Å². The number of hydrogen-bond acceptors (Lipinski definition) is 1. The van der Waals surface area contributed by atoms with Crippen molar-refractivity contribution in [1.29, 1.82) is 0 Å². The van der Waals surface area contributed by atoms with E-state index in [2.05, 4.69) is 32.0 Å². The summed E-state index contributed by atoms with van der Waals surface area (Å²) in [4.78, 5) is 0. The maximum absolute atomic E-state index is 10.1. The summed E-state index contributed by atoms with van der Waals surface area (Å²) in [6, 6.07) is 6.55. The van der Waals surface area contributed by atoms with Gasteiger partial charge in [0.15, 0.2) is 0 Å². The highest BCUT2D eigenvalue weighted by Gasteiger charge is 2.14. The van der Waals surface area contributed by atoms with Gasteiger partial charge in [0.05, 0.1) is 6.10 Å². The molecule has 0 saturated carbocycles. The van der Waals surface area contributed by atoms with Gasteiger partial charge >= 0.3 is 0 Å². The quantitative estimate of drug-likeness (QED) is 0.821. The highest BCUT2D eigenvalue weighted by Crippen LogP contribution is 2.27. The van der Waals surface area contributed by atoms with Crippen LogP contribution in [0.25, 0.3) is 0 Å². The Morgan fingerprint density at radius 3 is 2.50 bits per heavy atom. The van der Waals surface area contributed by atoms with Crippen molar-refractivity contribution >= 4 is 0 Å². The third kappa shape index (κ3) is 2.65. The van der Waals surface area contributed by atoms with Crippen molar-refractivity contribution in [3.63, 3.8) is 0 Å². The van der Waals surface area contributed by atoms with Gasteiger partial charge < -0.3 is 5.11 Å². The van der Waals surface area contributed by atoms with Crippen LogP contribution in [0.2, 0.25) is 0 Å². The zero-order chi connectivity index (χ0) is 11.5. The molecule has 1 aliphatic rings. The summed E-state index contributed by atoms with van der Waals surface area (Å²) in [7, 11) is 0. The molecule has 0 aromatic heterocycles. The van der Waals surface area contributed by atoms with Crippen molar-refractivity contribution in [3.05, 3.63) is 34.9 Å². The van der Waals surface area contributed by atoms with Gasteiger partial charge in [0.2, 0.25) is 0 Å². The van der Waals surface area contributed by atoms with Crippen LogP contribution in [0.3, 0.4) is 0 Å². The Hall–Kier alpha value is -0.820. The third-order valence-electron chi connectivity index (χ3n) is 3.45. The molecule has 1 aliphatic carbocycles. The lowest BCUT2D eigenvalue weighted by atomic mass is 9.88. The molecule has 16 heavy (non-hydrogen) atoms. The number of hydrogen-bond donors (Lipinski definition) is 1. The number of fused-ring (bicyclic) bond motifs is 1. The minimum absolute atomic E-state index is 0.285. The Kier molecular flexibility index (Phi) is 3.65. The molecule has 0 fully saturated rings. The fourth-order valence-electron chi connectivity index (χ4n) is 2.54. The second-order valence-electron chi connectivity index (χ2n) is 5.38. The molecule has 0 radical (unpaired) electrons. The van der Waals surface area contributed by atoms with Crippen LogP contribution in [0.1, 0.15) is 55.9 Å². The first-order chi connectivity index (χ1) is 7.66. The lowest BCUT2D eigenvalue weighted by molar-refractivity contribution is 0.151. The predicted octanol–water partition coefficient (Wildman–Crippen LogP) is 3.64. The van der Waals surface area contributed by atoms with Crippen LogP contribution in [0, 0.1) is 5.92 Å². The van der Waals surface area contributed by atoms with E-state index in [9.17, 15) is 5.11 Å². The maximum atomic E-state index is 10.1. The van der Waals surface area contributed by atoms with Crippen molar-refractivity contribution in [3.8, 4) is 0 Å². The lowest BCUT2D eigenvalue weighted by Crippen LogP contribution is -2.06. The van der Waals surface area contributed by atoms with Crippen molar-refractivity contribution in [2.24, 2.45) is 5.92 Å². The van der Waals surface area contributed by atoms with Gasteiger partial charge in [-0.15, -0.1) is 0 Å². The zero-order valence-corrected chi connectivity index (χ0v) is 10.4.